The summed E-state index contributed by atoms with van der Waals surface area (Å²) in [6.45, 7) is 0.218. The monoisotopic (exact) mass is 319 g/mol. The standard InChI is InChI=1S/C14H16F3NO4/c15-14(16,17)7-3-1-6(2-4-7)5-18-8-9(19)10(20)11(21)13-12(8)22-13/h1-4,8-13,18-21H,5H2/t8-,9+,10-,11+,12-,13+/m1/s1. The Bertz CT molecular complexity index is 536. The highest BCUT2D eigenvalue weighted by Crippen LogP contribution is 2.37. The van der Waals surface area contributed by atoms with Crippen LogP contribution >= 0.6 is 0 Å². The van der Waals surface area contributed by atoms with Crippen molar-refractivity contribution in [1.82, 2.24) is 5.32 Å². The van der Waals surface area contributed by atoms with Crippen molar-refractivity contribution in [3.8, 4) is 0 Å². The number of alkyl halides is 3. The van der Waals surface area contributed by atoms with Gasteiger partial charge in [-0.05, 0) is 17.7 Å². The maximum Gasteiger partial charge on any atom is 0.416 e. The van der Waals surface area contributed by atoms with Crippen molar-refractivity contribution in [2.24, 2.45) is 0 Å². The maximum atomic E-state index is 12.5. The number of benzene rings is 1. The largest absolute Gasteiger partial charge is 0.416 e. The van der Waals surface area contributed by atoms with Crippen molar-refractivity contribution in [3.63, 3.8) is 0 Å². The minimum atomic E-state index is -4.37. The minimum absolute atomic E-state index is 0.218. The summed E-state index contributed by atoms with van der Waals surface area (Å²) in [5.74, 6) is 0. The van der Waals surface area contributed by atoms with Crippen molar-refractivity contribution in [2.45, 2.75) is 49.3 Å². The SMILES string of the molecule is O[C@@H]1[C@@H](O)[C@@H](NCc2ccc(C(F)(F)F)cc2)[C@H]2O[C@H]2[C@H]1O. The molecule has 22 heavy (non-hydrogen) atoms. The average Bonchev–Trinajstić information content (AvgIpc) is 3.25. The number of hydrogen-bond acceptors (Lipinski definition) is 5. The Kier molecular flexibility index (Phi) is 3.90. The third-order valence-electron chi connectivity index (χ3n) is 4.14. The lowest BCUT2D eigenvalue weighted by atomic mass is 9.87. The lowest BCUT2D eigenvalue weighted by Gasteiger charge is -2.32. The first-order valence-electron chi connectivity index (χ1n) is 6.88. The molecule has 1 saturated carbocycles. The molecule has 1 aliphatic heterocycles. The molecule has 122 valence electrons. The molecule has 1 aromatic rings. The summed E-state index contributed by atoms with van der Waals surface area (Å²) in [5.41, 5.74) is -0.115. The van der Waals surface area contributed by atoms with Gasteiger partial charge in [-0.3, -0.25) is 0 Å². The van der Waals surface area contributed by atoms with E-state index in [0.717, 1.165) is 12.1 Å². The van der Waals surface area contributed by atoms with Gasteiger partial charge in [0.2, 0.25) is 0 Å². The smallest absolute Gasteiger partial charge is 0.389 e. The van der Waals surface area contributed by atoms with E-state index in [2.05, 4.69) is 5.32 Å². The molecular weight excluding hydrogens is 303 g/mol. The Morgan fingerprint density at radius 1 is 0.955 bits per heavy atom. The van der Waals surface area contributed by atoms with Crippen LogP contribution in [0.5, 0.6) is 0 Å². The molecular formula is C14H16F3NO4. The highest BCUT2D eigenvalue weighted by Gasteiger charge is 2.59. The van der Waals surface area contributed by atoms with E-state index in [4.69, 9.17) is 4.74 Å². The maximum absolute atomic E-state index is 12.5. The molecule has 6 atom stereocenters. The van der Waals surface area contributed by atoms with E-state index in [9.17, 15) is 28.5 Å². The van der Waals surface area contributed by atoms with Crippen LogP contribution in [0.25, 0.3) is 0 Å². The Morgan fingerprint density at radius 3 is 2.18 bits per heavy atom. The van der Waals surface area contributed by atoms with Gasteiger partial charge in [-0.2, -0.15) is 13.2 Å². The topological polar surface area (TPSA) is 85.2 Å². The number of epoxide rings is 1. The predicted octanol–water partition coefficient (Wildman–Crippen LogP) is 0.0273. The molecule has 0 unspecified atom stereocenters. The summed E-state index contributed by atoms with van der Waals surface area (Å²) in [5, 5.41) is 32.2. The molecule has 0 aromatic heterocycles. The molecule has 0 amide bonds. The van der Waals surface area contributed by atoms with Crippen LogP contribution in [0.3, 0.4) is 0 Å². The Morgan fingerprint density at radius 2 is 1.59 bits per heavy atom. The molecule has 8 heteroatoms. The van der Waals surface area contributed by atoms with E-state index in [-0.39, 0.29) is 6.54 Å². The zero-order chi connectivity index (χ0) is 16.1. The molecule has 1 saturated heterocycles. The van der Waals surface area contributed by atoms with Crippen molar-refractivity contribution in [1.29, 1.82) is 0 Å². The fourth-order valence-corrected chi connectivity index (χ4v) is 2.79. The average molecular weight is 319 g/mol. The van der Waals surface area contributed by atoms with Gasteiger partial charge in [0.25, 0.3) is 0 Å². The Balaban J connectivity index is 1.61. The van der Waals surface area contributed by atoms with Crippen LogP contribution in [0.1, 0.15) is 11.1 Å². The van der Waals surface area contributed by atoms with Crippen LogP contribution in [0, 0.1) is 0 Å². The quantitative estimate of drug-likeness (QED) is 0.591. The molecule has 1 aromatic carbocycles. The first kappa shape index (κ1) is 15.7. The van der Waals surface area contributed by atoms with Gasteiger partial charge in [0.1, 0.15) is 30.5 Å². The fraction of sp³-hybridized carbons (Fsp3) is 0.571. The molecule has 2 fully saturated rings. The second kappa shape index (κ2) is 5.47. The van der Waals surface area contributed by atoms with Crippen LogP contribution in [-0.2, 0) is 17.5 Å². The fourth-order valence-electron chi connectivity index (χ4n) is 2.79. The van der Waals surface area contributed by atoms with Gasteiger partial charge in [0.05, 0.1) is 11.6 Å². The van der Waals surface area contributed by atoms with Gasteiger partial charge < -0.3 is 25.4 Å². The number of ether oxygens (including phenoxy) is 1. The normalized spacial score (nSPS) is 37.7. The van der Waals surface area contributed by atoms with Crippen molar-refractivity contribution in [3.05, 3.63) is 35.4 Å². The summed E-state index contributed by atoms with van der Waals surface area (Å²) in [6, 6.07) is 4.10. The van der Waals surface area contributed by atoms with Crippen LogP contribution in [0.4, 0.5) is 13.2 Å². The molecule has 4 N–H and O–H groups in total. The summed E-state index contributed by atoms with van der Waals surface area (Å²) in [7, 11) is 0. The second-order valence-corrected chi connectivity index (χ2v) is 5.64. The van der Waals surface area contributed by atoms with Crippen molar-refractivity contribution in [2.75, 3.05) is 0 Å². The van der Waals surface area contributed by atoms with Crippen LogP contribution < -0.4 is 5.32 Å². The molecule has 0 bridgehead atoms. The van der Waals surface area contributed by atoms with Crippen LogP contribution in [0.2, 0.25) is 0 Å². The van der Waals surface area contributed by atoms with Gasteiger partial charge in [-0.1, -0.05) is 12.1 Å². The first-order valence-corrected chi connectivity index (χ1v) is 6.88. The molecule has 0 spiro atoms. The second-order valence-electron chi connectivity index (χ2n) is 5.64. The summed E-state index contributed by atoms with van der Waals surface area (Å²) in [6.07, 6.45) is -8.92. The van der Waals surface area contributed by atoms with Crippen LogP contribution in [0.15, 0.2) is 24.3 Å². The van der Waals surface area contributed by atoms with Crippen molar-refractivity contribution < 1.29 is 33.2 Å². The summed E-state index contributed by atoms with van der Waals surface area (Å²) >= 11 is 0. The van der Waals surface area contributed by atoms with E-state index >= 15 is 0 Å². The van der Waals surface area contributed by atoms with Crippen LogP contribution in [-0.4, -0.2) is 51.9 Å². The molecule has 5 nitrogen and oxygen atoms in total. The molecule has 0 radical (unpaired) electrons. The predicted molar refractivity (Wildman–Crippen MR) is 68.8 cm³/mol. The summed E-state index contributed by atoms with van der Waals surface area (Å²) < 4.78 is 42.6. The number of rotatable bonds is 3. The third-order valence-corrected chi connectivity index (χ3v) is 4.14. The van der Waals surface area contributed by atoms with Gasteiger partial charge >= 0.3 is 6.18 Å². The van der Waals surface area contributed by atoms with E-state index in [1.165, 1.54) is 12.1 Å². The number of aliphatic hydroxyl groups excluding tert-OH is 3. The zero-order valence-corrected chi connectivity index (χ0v) is 11.4. The number of aliphatic hydroxyl groups is 3. The molecule has 2 aliphatic rings. The van der Waals surface area contributed by atoms with Gasteiger partial charge in [0.15, 0.2) is 0 Å². The Labute approximate surface area is 124 Å². The first-order chi connectivity index (χ1) is 10.3. The lowest BCUT2D eigenvalue weighted by molar-refractivity contribution is -0.137. The minimum Gasteiger partial charge on any atom is -0.389 e. The van der Waals surface area contributed by atoms with E-state index < -0.39 is 48.3 Å². The van der Waals surface area contributed by atoms with Gasteiger partial charge in [-0.25, -0.2) is 0 Å². The third kappa shape index (κ3) is 2.84. The van der Waals surface area contributed by atoms with E-state index in [0.29, 0.717) is 5.56 Å². The zero-order valence-electron chi connectivity index (χ0n) is 11.4. The van der Waals surface area contributed by atoms with Crippen molar-refractivity contribution >= 4 is 0 Å². The molecule has 1 heterocycles. The van der Waals surface area contributed by atoms with Gasteiger partial charge in [-0.15, -0.1) is 0 Å². The lowest BCUT2D eigenvalue weighted by Crippen LogP contribution is -2.58. The van der Waals surface area contributed by atoms with E-state index in [1.54, 1.807) is 0 Å². The number of nitrogens with one attached hydrogen (secondary N) is 1. The van der Waals surface area contributed by atoms with E-state index in [1.807, 2.05) is 0 Å². The highest BCUT2D eigenvalue weighted by molar-refractivity contribution is 5.24. The highest BCUT2D eigenvalue weighted by atomic mass is 19.4. The number of fused-ring (bicyclic) bond motifs is 1. The number of hydrogen-bond donors (Lipinski definition) is 4. The summed E-state index contributed by atoms with van der Waals surface area (Å²) in [4.78, 5) is 0. The molecule has 3 rings (SSSR count). The van der Waals surface area contributed by atoms with Gasteiger partial charge in [0, 0.05) is 6.54 Å². The number of halogens is 3. The Hall–Kier alpha value is -1.19. The molecule has 1 aliphatic carbocycles.